The normalized spacial score (nSPS) is 10.1. The number of pyridine rings is 1. The Kier molecular flexibility index (Phi) is 4.10. The number of ether oxygens (including phenoxy) is 1. The number of anilines is 2. The van der Waals surface area contributed by atoms with E-state index < -0.39 is 0 Å². The van der Waals surface area contributed by atoms with Gasteiger partial charge in [-0.2, -0.15) is 15.0 Å². The Morgan fingerprint density at radius 3 is 2.63 bits per heavy atom. The van der Waals surface area contributed by atoms with Gasteiger partial charge < -0.3 is 15.0 Å². The number of aromatic nitrogens is 4. The van der Waals surface area contributed by atoms with Crippen LogP contribution in [0, 0.1) is 0 Å². The van der Waals surface area contributed by atoms with E-state index >= 15 is 0 Å². The minimum absolute atomic E-state index is 0.211. The lowest BCUT2D eigenvalue weighted by molar-refractivity contribution is 0.438. The lowest BCUT2D eigenvalue weighted by Crippen LogP contribution is -2.15. The highest BCUT2D eigenvalue weighted by Gasteiger charge is 2.09. The SMILES string of the molecule is CNc1nc(Oc2cncc(Br)c2)nc(N(C)C)n1. The smallest absolute Gasteiger partial charge is 0.328 e. The molecule has 0 aliphatic heterocycles. The third-order valence-electron chi connectivity index (χ3n) is 2.12. The van der Waals surface area contributed by atoms with E-state index in [2.05, 4.69) is 41.2 Å². The molecule has 0 aliphatic carbocycles. The first-order valence-corrected chi connectivity index (χ1v) is 6.27. The average molecular weight is 325 g/mol. The molecule has 0 aromatic carbocycles. The fourth-order valence-electron chi connectivity index (χ4n) is 1.26. The molecular formula is C11H13BrN6O. The maximum Gasteiger partial charge on any atom is 0.328 e. The van der Waals surface area contributed by atoms with Gasteiger partial charge in [0.05, 0.1) is 6.20 Å². The molecule has 2 aromatic heterocycles. The summed E-state index contributed by atoms with van der Waals surface area (Å²) in [6.07, 6.45) is 3.26. The van der Waals surface area contributed by atoms with E-state index in [0.717, 1.165) is 4.47 Å². The largest absolute Gasteiger partial charge is 0.422 e. The standard InChI is InChI=1S/C11H13BrN6O/c1-13-9-15-10(18(2)3)17-11(16-9)19-8-4-7(12)5-14-6-8/h4-6H,1-3H3,(H,13,15,16,17). The lowest BCUT2D eigenvalue weighted by atomic mass is 10.5. The zero-order chi connectivity index (χ0) is 13.8. The van der Waals surface area contributed by atoms with Gasteiger partial charge in [0, 0.05) is 31.8 Å². The summed E-state index contributed by atoms with van der Waals surface area (Å²) in [5.74, 6) is 1.50. The first kappa shape index (κ1) is 13.5. The zero-order valence-electron chi connectivity index (χ0n) is 10.8. The number of hydrogen-bond acceptors (Lipinski definition) is 7. The van der Waals surface area contributed by atoms with Gasteiger partial charge in [0.15, 0.2) is 5.75 Å². The lowest BCUT2D eigenvalue weighted by Gasteiger charge is -2.12. The maximum absolute atomic E-state index is 5.57. The highest BCUT2D eigenvalue weighted by atomic mass is 79.9. The van der Waals surface area contributed by atoms with Crippen LogP contribution in [0.5, 0.6) is 11.8 Å². The van der Waals surface area contributed by atoms with Crippen molar-refractivity contribution in [2.24, 2.45) is 0 Å². The van der Waals surface area contributed by atoms with E-state index in [1.807, 2.05) is 14.1 Å². The third kappa shape index (κ3) is 3.50. The topological polar surface area (TPSA) is 76.1 Å². The molecule has 0 spiro atoms. The summed E-state index contributed by atoms with van der Waals surface area (Å²) in [5.41, 5.74) is 0. The van der Waals surface area contributed by atoms with Gasteiger partial charge in [-0.15, -0.1) is 0 Å². The first-order valence-electron chi connectivity index (χ1n) is 5.48. The Balaban J connectivity index is 2.31. The van der Waals surface area contributed by atoms with Gasteiger partial charge >= 0.3 is 6.01 Å². The Hall–Kier alpha value is -1.96. The van der Waals surface area contributed by atoms with E-state index in [0.29, 0.717) is 17.6 Å². The van der Waals surface area contributed by atoms with Crippen LogP contribution in [0.3, 0.4) is 0 Å². The molecule has 8 heteroatoms. The molecule has 0 fully saturated rings. The highest BCUT2D eigenvalue weighted by molar-refractivity contribution is 9.10. The first-order chi connectivity index (χ1) is 9.08. The third-order valence-corrected chi connectivity index (χ3v) is 2.55. The van der Waals surface area contributed by atoms with Gasteiger partial charge in [-0.1, -0.05) is 0 Å². The van der Waals surface area contributed by atoms with Crippen molar-refractivity contribution in [2.75, 3.05) is 31.4 Å². The minimum atomic E-state index is 0.211. The van der Waals surface area contributed by atoms with Crippen molar-refractivity contribution >= 4 is 27.8 Å². The monoisotopic (exact) mass is 324 g/mol. The molecule has 100 valence electrons. The number of nitrogens with one attached hydrogen (secondary N) is 1. The fourth-order valence-corrected chi connectivity index (χ4v) is 1.60. The summed E-state index contributed by atoms with van der Waals surface area (Å²) >= 11 is 3.33. The Bertz CT molecular complexity index is 577. The van der Waals surface area contributed by atoms with Crippen molar-refractivity contribution in [3.63, 3.8) is 0 Å². The molecular weight excluding hydrogens is 312 g/mol. The van der Waals surface area contributed by atoms with Crippen LogP contribution >= 0.6 is 15.9 Å². The summed E-state index contributed by atoms with van der Waals surface area (Å²) in [4.78, 5) is 18.3. The van der Waals surface area contributed by atoms with Gasteiger partial charge in [-0.25, -0.2) is 0 Å². The Morgan fingerprint density at radius 2 is 2.00 bits per heavy atom. The second kappa shape index (κ2) is 5.79. The number of halogens is 1. The molecule has 0 amide bonds. The Morgan fingerprint density at radius 1 is 1.21 bits per heavy atom. The average Bonchev–Trinajstić information content (AvgIpc) is 2.38. The van der Waals surface area contributed by atoms with Crippen LogP contribution in [0.2, 0.25) is 0 Å². The van der Waals surface area contributed by atoms with Crippen molar-refractivity contribution in [1.29, 1.82) is 0 Å². The van der Waals surface area contributed by atoms with Crippen molar-refractivity contribution in [1.82, 2.24) is 19.9 Å². The molecule has 0 aliphatic rings. The summed E-state index contributed by atoms with van der Waals surface area (Å²) in [7, 11) is 5.43. The second-order valence-corrected chi connectivity index (χ2v) is 4.74. The van der Waals surface area contributed by atoms with Crippen LogP contribution in [0.25, 0.3) is 0 Å². The van der Waals surface area contributed by atoms with Crippen molar-refractivity contribution in [3.05, 3.63) is 22.9 Å². The maximum atomic E-state index is 5.57. The van der Waals surface area contributed by atoms with E-state index in [-0.39, 0.29) is 6.01 Å². The highest BCUT2D eigenvalue weighted by Crippen LogP contribution is 2.22. The zero-order valence-corrected chi connectivity index (χ0v) is 12.3. The molecule has 1 N–H and O–H groups in total. The van der Waals surface area contributed by atoms with E-state index in [1.165, 1.54) is 0 Å². The van der Waals surface area contributed by atoms with Crippen LogP contribution in [0.1, 0.15) is 0 Å². The van der Waals surface area contributed by atoms with Crippen LogP contribution < -0.4 is 15.0 Å². The van der Waals surface area contributed by atoms with Gasteiger partial charge in [-0.3, -0.25) is 4.98 Å². The van der Waals surface area contributed by atoms with Crippen molar-refractivity contribution < 1.29 is 4.74 Å². The summed E-state index contributed by atoms with van der Waals surface area (Å²) in [5, 5.41) is 2.87. The molecule has 19 heavy (non-hydrogen) atoms. The van der Waals surface area contributed by atoms with Crippen LogP contribution in [-0.4, -0.2) is 41.1 Å². The van der Waals surface area contributed by atoms with Gasteiger partial charge in [-0.05, 0) is 22.0 Å². The molecule has 2 rings (SSSR count). The Labute approximate surface area is 119 Å². The minimum Gasteiger partial charge on any atom is -0.422 e. The van der Waals surface area contributed by atoms with Gasteiger partial charge in [0.1, 0.15) is 0 Å². The molecule has 0 saturated carbocycles. The quantitative estimate of drug-likeness (QED) is 0.920. The van der Waals surface area contributed by atoms with Crippen molar-refractivity contribution in [2.45, 2.75) is 0 Å². The molecule has 0 radical (unpaired) electrons. The molecule has 0 bridgehead atoms. The number of rotatable bonds is 4. The number of nitrogens with zero attached hydrogens (tertiary/aromatic N) is 5. The molecule has 0 atom stereocenters. The van der Waals surface area contributed by atoms with Gasteiger partial charge in [0.2, 0.25) is 11.9 Å². The summed E-state index contributed by atoms with van der Waals surface area (Å²) in [6.45, 7) is 0. The molecule has 0 saturated heterocycles. The van der Waals surface area contributed by atoms with Crippen molar-refractivity contribution in [3.8, 4) is 11.8 Å². The fraction of sp³-hybridized carbons (Fsp3) is 0.273. The second-order valence-electron chi connectivity index (χ2n) is 3.83. The predicted octanol–water partition coefficient (Wildman–Crippen LogP) is 1.93. The van der Waals surface area contributed by atoms with Crippen LogP contribution in [-0.2, 0) is 0 Å². The van der Waals surface area contributed by atoms with Gasteiger partial charge in [0.25, 0.3) is 0 Å². The van der Waals surface area contributed by atoms with E-state index in [9.17, 15) is 0 Å². The van der Waals surface area contributed by atoms with Crippen LogP contribution in [0.4, 0.5) is 11.9 Å². The number of hydrogen-bond donors (Lipinski definition) is 1. The molecule has 2 aromatic rings. The van der Waals surface area contributed by atoms with E-state index in [4.69, 9.17) is 4.74 Å². The summed E-state index contributed by atoms with van der Waals surface area (Å²) in [6, 6.07) is 1.99. The van der Waals surface area contributed by atoms with Crippen LogP contribution in [0.15, 0.2) is 22.9 Å². The molecule has 7 nitrogen and oxygen atoms in total. The molecule has 0 unspecified atom stereocenters. The molecule has 2 heterocycles. The summed E-state index contributed by atoms with van der Waals surface area (Å²) < 4.78 is 6.39. The van der Waals surface area contributed by atoms with E-state index in [1.54, 1.807) is 30.4 Å². The predicted molar refractivity (Wildman–Crippen MR) is 75.7 cm³/mol.